The number of furan rings is 1. The number of nitrogens with zero attached hydrogens (tertiary/aromatic N) is 4. The summed E-state index contributed by atoms with van der Waals surface area (Å²) in [6.07, 6.45) is 0. The van der Waals surface area contributed by atoms with Gasteiger partial charge in [0, 0.05) is 49.0 Å². The fraction of sp³-hybridized carbons (Fsp3) is 0. The zero-order chi connectivity index (χ0) is 35.8. The molecule has 5 heterocycles. The second-order valence-corrected chi connectivity index (χ2v) is 14.5. The van der Waals surface area contributed by atoms with Gasteiger partial charge in [-0.05, 0) is 65.7 Å². The molecule has 0 unspecified atom stereocenters. The Labute approximate surface area is 313 Å². The second kappa shape index (κ2) is 10.6. The van der Waals surface area contributed by atoms with E-state index in [-0.39, 0.29) is 0 Å². The van der Waals surface area contributed by atoms with Gasteiger partial charge in [-0.1, -0.05) is 115 Å². The van der Waals surface area contributed by atoms with Crippen LogP contribution in [0.4, 0.5) is 0 Å². The van der Waals surface area contributed by atoms with Crippen molar-refractivity contribution in [1.82, 2.24) is 19.1 Å². The third kappa shape index (κ3) is 3.81. The number of fused-ring (bicyclic) bond motifs is 16. The smallest absolute Gasteiger partial charge is 0.165 e. The molecule has 12 aromatic rings. The summed E-state index contributed by atoms with van der Waals surface area (Å²) in [7, 11) is 0. The van der Waals surface area contributed by atoms with Gasteiger partial charge in [-0.15, -0.1) is 0 Å². The predicted molar refractivity (Wildman–Crippen MR) is 225 cm³/mol. The van der Waals surface area contributed by atoms with Crippen LogP contribution in [0.5, 0.6) is 0 Å². The number of hydrogen-bond donors (Lipinski definition) is 0. The highest BCUT2D eigenvalue weighted by atomic mass is 16.3. The molecular weight excluding hydrogens is 673 g/mol. The van der Waals surface area contributed by atoms with Crippen LogP contribution in [0.1, 0.15) is 0 Å². The summed E-state index contributed by atoms with van der Waals surface area (Å²) in [5.74, 6) is 0.779. The van der Waals surface area contributed by atoms with Crippen molar-refractivity contribution < 1.29 is 4.42 Å². The van der Waals surface area contributed by atoms with Gasteiger partial charge < -0.3 is 8.98 Å². The molecule has 0 atom stereocenters. The summed E-state index contributed by atoms with van der Waals surface area (Å²) in [6.45, 7) is 0. The van der Waals surface area contributed by atoms with Crippen LogP contribution in [-0.2, 0) is 0 Å². The molecule has 8 aromatic carbocycles. The van der Waals surface area contributed by atoms with Crippen LogP contribution < -0.4 is 0 Å². The molecule has 1 aliphatic heterocycles. The first-order valence-electron chi connectivity index (χ1n) is 18.7. The summed E-state index contributed by atoms with van der Waals surface area (Å²) in [4.78, 5) is 10.9. The van der Waals surface area contributed by atoms with Gasteiger partial charge in [-0.2, -0.15) is 0 Å². The maximum Gasteiger partial charge on any atom is 0.165 e. The van der Waals surface area contributed by atoms with Crippen LogP contribution in [0.3, 0.4) is 0 Å². The van der Waals surface area contributed by atoms with Crippen molar-refractivity contribution in [2.75, 3.05) is 0 Å². The standard InChI is InChI=1S/C50H28N4O/c1-2-17-35-30(13-1)31-14-3-9-21-40(31)53-41-22-10-4-15-32(41)37-28-43-46(47(35)49(37)53)36-18-5-11-23-42(36)54(43)50-48(51-38-19-7-8-20-39(38)52-50)29-25-26-34-33-16-6-12-24-44(33)55-45(34)27-29/h1-28H. The van der Waals surface area contributed by atoms with E-state index in [2.05, 4.69) is 149 Å². The molecule has 5 heteroatoms. The lowest BCUT2D eigenvalue weighted by molar-refractivity contribution is 0.669. The fourth-order valence-electron chi connectivity index (χ4n) is 9.36. The van der Waals surface area contributed by atoms with E-state index in [4.69, 9.17) is 14.4 Å². The number of para-hydroxylation sites is 6. The molecule has 0 spiro atoms. The molecule has 0 fully saturated rings. The zero-order valence-electron chi connectivity index (χ0n) is 29.4. The van der Waals surface area contributed by atoms with Gasteiger partial charge in [-0.25, -0.2) is 9.97 Å². The SMILES string of the molecule is c1ccc2c(c1)-c1ccccc1-n1c3ccccc3c3cc4c(c-2c31)c1ccccc1n4-c1nc2ccccc2nc1-c1ccc2c(c1)oc1ccccc12. The Hall–Kier alpha value is -7.50. The molecule has 0 aliphatic carbocycles. The van der Waals surface area contributed by atoms with Crippen molar-refractivity contribution in [3.63, 3.8) is 0 Å². The maximum absolute atomic E-state index is 6.42. The van der Waals surface area contributed by atoms with E-state index in [0.717, 1.165) is 61.1 Å². The van der Waals surface area contributed by atoms with E-state index in [9.17, 15) is 0 Å². The highest BCUT2D eigenvalue weighted by Gasteiger charge is 2.29. The van der Waals surface area contributed by atoms with E-state index in [0.29, 0.717) is 0 Å². The highest BCUT2D eigenvalue weighted by molar-refractivity contribution is 6.28. The molecule has 4 aromatic heterocycles. The van der Waals surface area contributed by atoms with Crippen molar-refractivity contribution >= 4 is 76.6 Å². The average Bonchev–Trinajstić information content (AvgIpc) is 3.87. The largest absolute Gasteiger partial charge is 0.456 e. The minimum Gasteiger partial charge on any atom is -0.456 e. The number of benzene rings is 8. The number of aromatic nitrogens is 4. The minimum absolute atomic E-state index is 0.779. The third-order valence-corrected chi connectivity index (χ3v) is 11.6. The topological polar surface area (TPSA) is 48.8 Å². The summed E-state index contributed by atoms with van der Waals surface area (Å²) in [5.41, 5.74) is 15.8. The Bertz CT molecular complexity index is 3620. The quantitative estimate of drug-likeness (QED) is 0.180. The van der Waals surface area contributed by atoms with E-state index < -0.39 is 0 Å². The lowest BCUT2D eigenvalue weighted by Crippen LogP contribution is -2.04. The summed E-state index contributed by atoms with van der Waals surface area (Å²) in [6, 6.07) is 60.5. The minimum atomic E-state index is 0.779. The molecular formula is C50H28N4O. The van der Waals surface area contributed by atoms with Crippen LogP contribution in [0.15, 0.2) is 174 Å². The number of hydrogen-bond acceptors (Lipinski definition) is 3. The highest BCUT2D eigenvalue weighted by Crippen LogP contribution is 2.52. The van der Waals surface area contributed by atoms with Gasteiger partial charge in [0.1, 0.15) is 16.9 Å². The van der Waals surface area contributed by atoms with E-state index >= 15 is 0 Å². The van der Waals surface area contributed by atoms with Crippen LogP contribution in [-0.4, -0.2) is 19.1 Å². The van der Waals surface area contributed by atoms with Crippen LogP contribution in [0, 0.1) is 0 Å². The van der Waals surface area contributed by atoms with E-state index in [1.165, 1.54) is 60.5 Å². The van der Waals surface area contributed by atoms with E-state index in [1.54, 1.807) is 0 Å². The Kier molecular flexibility index (Phi) is 5.57. The van der Waals surface area contributed by atoms with Crippen molar-refractivity contribution in [3.8, 4) is 45.0 Å². The first-order valence-corrected chi connectivity index (χ1v) is 18.7. The molecule has 0 bridgehead atoms. The van der Waals surface area contributed by atoms with Crippen molar-refractivity contribution in [2.24, 2.45) is 0 Å². The fourth-order valence-corrected chi connectivity index (χ4v) is 9.36. The van der Waals surface area contributed by atoms with Gasteiger partial charge in [0.25, 0.3) is 0 Å². The van der Waals surface area contributed by atoms with Crippen LogP contribution in [0.2, 0.25) is 0 Å². The molecule has 5 nitrogen and oxygen atoms in total. The third-order valence-electron chi connectivity index (χ3n) is 11.6. The molecule has 1 aliphatic rings. The van der Waals surface area contributed by atoms with Gasteiger partial charge in [0.2, 0.25) is 0 Å². The molecule has 0 amide bonds. The van der Waals surface area contributed by atoms with Gasteiger partial charge in [0.15, 0.2) is 5.82 Å². The first-order chi connectivity index (χ1) is 27.3. The predicted octanol–water partition coefficient (Wildman–Crippen LogP) is 13.0. The van der Waals surface area contributed by atoms with Gasteiger partial charge in [-0.3, -0.25) is 4.57 Å². The Morgan fingerprint density at radius 3 is 1.91 bits per heavy atom. The Morgan fingerprint density at radius 1 is 0.418 bits per heavy atom. The molecule has 0 N–H and O–H groups in total. The van der Waals surface area contributed by atoms with Crippen LogP contribution >= 0.6 is 0 Å². The Balaban J connectivity index is 1.23. The van der Waals surface area contributed by atoms with Crippen molar-refractivity contribution in [2.45, 2.75) is 0 Å². The summed E-state index contributed by atoms with van der Waals surface area (Å²) < 4.78 is 11.3. The van der Waals surface area contributed by atoms with Crippen LogP contribution in [0.25, 0.3) is 122 Å². The molecule has 254 valence electrons. The zero-order valence-corrected chi connectivity index (χ0v) is 29.4. The molecule has 55 heavy (non-hydrogen) atoms. The lowest BCUT2D eigenvalue weighted by Gasteiger charge is -2.15. The summed E-state index contributed by atoms with van der Waals surface area (Å²) in [5, 5.41) is 6.97. The van der Waals surface area contributed by atoms with Gasteiger partial charge in [0.05, 0.1) is 38.8 Å². The first kappa shape index (κ1) is 29.0. The molecule has 0 saturated carbocycles. The number of rotatable bonds is 2. The second-order valence-electron chi connectivity index (χ2n) is 14.5. The summed E-state index contributed by atoms with van der Waals surface area (Å²) >= 11 is 0. The Morgan fingerprint density at radius 2 is 1.05 bits per heavy atom. The lowest BCUT2D eigenvalue weighted by atomic mass is 9.91. The average molecular weight is 701 g/mol. The molecule has 0 radical (unpaired) electrons. The molecule has 0 saturated heterocycles. The van der Waals surface area contributed by atoms with Gasteiger partial charge >= 0.3 is 0 Å². The van der Waals surface area contributed by atoms with Crippen molar-refractivity contribution in [1.29, 1.82) is 0 Å². The van der Waals surface area contributed by atoms with E-state index in [1.807, 2.05) is 30.3 Å². The van der Waals surface area contributed by atoms with Crippen molar-refractivity contribution in [3.05, 3.63) is 170 Å². The normalized spacial score (nSPS) is 12.4. The molecule has 13 rings (SSSR count). The monoisotopic (exact) mass is 700 g/mol. The maximum atomic E-state index is 6.42.